The molecule has 5 nitrogen and oxygen atoms in total. The van der Waals surface area contributed by atoms with E-state index in [1.807, 2.05) is 55.5 Å². The van der Waals surface area contributed by atoms with Crippen LogP contribution in [0.15, 0.2) is 60.2 Å². The standard InChI is InChI=1S/C24H29N3O2/c1-3-27(19-21-9-6-5-7-10-21)23-13-11-20(12-14-23)17-22(18-25)24(28)26-15-8-16-29-4-2/h5-7,9-14,17H,3-4,8,15-16,19H2,1-2H3,(H,26,28)/b22-17-. The van der Waals surface area contributed by atoms with E-state index in [1.54, 1.807) is 6.08 Å². The normalized spacial score (nSPS) is 11.0. The molecule has 2 aromatic carbocycles. The van der Waals surface area contributed by atoms with E-state index < -0.39 is 0 Å². The number of hydrogen-bond acceptors (Lipinski definition) is 4. The summed E-state index contributed by atoms with van der Waals surface area (Å²) in [6.45, 7) is 7.52. The summed E-state index contributed by atoms with van der Waals surface area (Å²) in [5.41, 5.74) is 3.29. The lowest BCUT2D eigenvalue weighted by atomic mass is 10.1. The Kier molecular flexibility index (Phi) is 9.47. The molecule has 0 aliphatic carbocycles. The molecule has 0 fully saturated rings. The third-order valence-corrected chi connectivity index (χ3v) is 4.49. The number of hydrogen-bond donors (Lipinski definition) is 1. The van der Waals surface area contributed by atoms with Crippen molar-refractivity contribution in [1.29, 1.82) is 5.26 Å². The van der Waals surface area contributed by atoms with Gasteiger partial charge in [0.1, 0.15) is 11.6 Å². The van der Waals surface area contributed by atoms with E-state index in [2.05, 4.69) is 29.3 Å². The topological polar surface area (TPSA) is 65.4 Å². The number of rotatable bonds is 11. The first-order valence-corrected chi connectivity index (χ1v) is 10.0. The van der Waals surface area contributed by atoms with Crippen LogP contribution in [-0.4, -0.2) is 32.2 Å². The van der Waals surface area contributed by atoms with E-state index in [9.17, 15) is 10.1 Å². The second kappa shape index (κ2) is 12.4. The maximum absolute atomic E-state index is 12.2. The second-order valence-corrected chi connectivity index (χ2v) is 6.57. The van der Waals surface area contributed by atoms with Crippen molar-refractivity contribution in [3.63, 3.8) is 0 Å². The molecule has 0 aliphatic rings. The third-order valence-electron chi connectivity index (χ3n) is 4.49. The molecule has 152 valence electrons. The van der Waals surface area contributed by atoms with Gasteiger partial charge in [0, 0.05) is 38.5 Å². The molecule has 0 bridgehead atoms. The molecule has 1 amide bonds. The van der Waals surface area contributed by atoms with Crippen molar-refractivity contribution in [2.75, 3.05) is 31.2 Å². The minimum absolute atomic E-state index is 0.103. The van der Waals surface area contributed by atoms with Crippen LogP contribution in [0.5, 0.6) is 0 Å². The molecule has 29 heavy (non-hydrogen) atoms. The summed E-state index contributed by atoms with van der Waals surface area (Å²) in [4.78, 5) is 14.5. The van der Waals surface area contributed by atoms with Crippen LogP contribution in [0.2, 0.25) is 0 Å². The number of nitrogens with one attached hydrogen (secondary N) is 1. The van der Waals surface area contributed by atoms with Crippen LogP contribution < -0.4 is 10.2 Å². The van der Waals surface area contributed by atoms with Gasteiger partial charge < -0.3 is 15.0 Å². The van der Waals surface area contributed by atoms with E-state index in [1.165, 1.54) is 5.56 Å². The summed E-state index contributed by atoms with van der Waals surface area (Å²) in [5.74, 6) is -0.354. The van der Waals surface area contributed by atoms with Crippen molar-refractivity contribution >= 4 is 17.7 Å². The van der Waals surface area contributed by atoms with Crippen LogP contribution in [0.4, 0.5) is 5.69 Å². The van der Waals surface area contributed by atoms with Gasteiger partial charge in [-0.2, -0.15) is 5.26 Å². The van der Waals surface area contributed by atoms with Crippen molar-refractivity contribution in [3.05, 3.63) is 71.3 Å². The Labute approximate surface area is 173 Å². The van der Waals surface area contributed by atoms with E-state index in [0.717, 1.165) is 30.8 Å². The summed E-state index contributed by atoms with van der Waals surface area (Å²) in [6, 6.07) is 20.2. The monoisotopic (exact) mass is 391 g/mol. The fourth-order valence-electron chi connectivity index (χ4n) is 2.90. The molecule has 0 saturated carbocycles. The lowest BCUT2D eigenvalue weighted by molar-refractivity contribution is -0.117. The van der Waals surface area contributed by atoms with E-state index in [0.29, 0.717) is 19.8 Å². The van der Waals surface area contributed by atoms with Gasteiger partial charge in [0.25, 0.3) is 5.91 Å². The molecular formula is C24H29N3O2. The van der Waals surface area contributed by atoms with Gasteiger partial charge in [0.2, 0.25) is 0 Å². The summed E-state index contributed by atoms with van der Waals surface area (Å²) in [7, 11) is 0. The zero-order valence-electron chi connectivity index (χ0n) is 17.2. The Morgan fingerprint density at radius 3 is 2.48 bits per heavy atom. The number of ether oxygens (including phenoxy) is 1. The van der Waals surface area contributed by atoms with Gasteiger partial charge in [-0.15, -0.1) is 0 Å². The summed E-state index contributed by atoms with van der Waals surface area (Å²) >= 11 is 0. The summed E-state index contributed by atoms with van der Waals surface area (Å²) in [5, 5.41) is 12.1. The first kappa shape index (κ1) is 22.2. The molecule has 0 atom stereocenters. The molecule has 0 aliphatic heterocycles. The Morgan fingerprint density at radius 1 is 1.14 bits per heavy atom. The van der Waals surface area contributed by atoms with Gasteiger partial charge in [-0.1, -0.05) is 42.5 Å². The number of nitriles is 1. The lowest BCUT2D eigenvalue weighted by Crippen LogP contribution is -2.26. The molecule has 0 spiro atoms. The quantitative estimate of drug-likeness (QED) is 0.355. The Hall–Kier alpha value is -3.10. The Bertz CT molecular complexity index is 823. The first-order chi connectivity index (χ1) is 14.2. The molecule has 0 aromatic heterocycles. The first-order valence-electron chi connectivity index (χ1n) is 10.0. The number of nitrogens with zero attached hydrogens (tertiary/aromatic N) is 2. The molecule has 2 aromatic rings. The van der Waals surface area contributed by atoms with Gasteiger partial charge >= 0.3 is 0 Å². The van der Waals surface area contributed by atoms with Crippen molar-refractivity contribution in [2.24, 2.45) is 0 Å². The third kappa shape index (κ3) is 7.44. The zero-order valence-corrected chi connectivity index (χ0v) is 17.2. The minimum atomic E-state index is -0.354. The Morgan fingerprint density at radius 2 is 1.86 bits per heavy atom. The van der Waals surface area contributed by atoms with E-state index in [4.69, 9.17) is 4.74 Å². The number of amides is 1. The highest BCUT2D eigenvalue weighted by atomic mass is 16.5. The maximum Gasteiger partial charge on any atom is 0.261 e. The summed E-state index contributed by atoms with van der Waals surface area (Å²) < 4.78 is 5.24. The van der Waals surface area contributed by atoms with Gasteiger partial charge in [-0.25, -0.2) is 0 Å². The van der Waals surface area contributed by atoms with Gasteiger partial charge in [0.15, 0.2) is 0 Å². The molecule has 0 radical (unpaired) electrons. The van der Waals surface area contributed by atoms with Crippen LogP contribution in [0.3, 0.4) is 0 Å². The largest absolute Gasteiger partial charge is 0.382 e. The highest BCUT2D eigenvalue weighted by molar-refractivity contribution is 6.01. The molecule has 5 heteroatoms. The molecule has 2 rings (SSSR count). The molecule has 0 saturated heterocycles. The molecular weight excluding hydrogens is 362 g/mol. The number of carbonyl (C=O) groups excluding carboxylic acids is 1. The SMILES string of the molecule is CCOCCCNC(=O)/C(C#N)=C\c1ccc(N(CC)Cc2ccccc2)cc1. The second-order valence-electron chi connectivity index (χ2n) is 6.57. The van der Waals surface area contributed by atoms with E-state index in [-0.39, 0.29) is 11.5 Å². The van der Waals surface area contributed by atoms with Crippen LogP contribution in [0, 0.1) is 11.3 Å². The van der Waals surface area contributed by atoms with Crippen molar-refractivity contribution < 1.29 is 9.53 Å². The van der Waals surface area contributed by atoms with Gasteiger partial charge in [0.05, 0.1) is 0 Å². The molecule has 1 N–H and O–H groups in total. The number of anilines is 1. The minimum Gasteiger partial charge on any atom is -0.382 e. The molecule has 0 heterocycles. The average molecular weight is 392 g/mol. The number of carbonyl (C=O) groups is 1. The predicted octanol–water partition coefficient (Wildman–Crippen LogP) is 4.16. The van der Waals surface area contributed by atoms with Crippen molar-refractivity contribution in [2.45, 2.75) is 26.8 Å². The number of benzene rings is 2. The highest BCUT2D eigenvalue weighted by Crippen LogP contribution is 2.19. The Balaban J connectivity index is 1.99. The van der Waals surface area contributed by atoms with Gasteiger partial charge in [-0.3, -0.25) is 4.79 Å². The average Bonchev–Trinajstić information content (AvgIpc) is 2.76. The van der Waals surface area contributed by atoms with Gasteiger partial charge in [-0.05, 0) is 49.6 Å². The highest BCUT2D eigenvalue weighted by Gasteiger charge is 2.09. The van der Waals surface area contributed by atoms with Crippen LogP contribution in [-0.2, 0) is 16.1 Å². The van der Waals surface area contributed by atoms with E-state index >= 15 is 0 Å². The summed E-state index contributed by atoms with van der Waals surface area (Å²) in [6.07, 6.45) is 2.34. The van der Waals surface area contributed by atoms with Crippen LogP contribution >= 0.6 is 0 Å². The van der Waals surface area contributed by atoms with Crippen molar-refractivity contribution in [1.82, 2.24) is 5.32 Å². The lowest BCUT2D eigenvalue weighted by Gasteiger charge is -2.23. The van der Waals surface area contributed by atoms with Crippen LogP contribution in [0.25, 0.3) is 6.08 Å². The maximum atomic E-state index is 12.2. The zero-order chi connectivity index (χ0) is 20.9. The van der Waals surface area contributed by atoms with Crippen molar-refractivity contribution in [3.8, 4) is 6.07 Å². The molecule has 0 unspecified atom stereocenters. The fourth-order valence-corrected chi connectivity index (χ4v) is 2.90. The predicted molar refractivity (Wildman–Crippen MR) is 117 cm³/mol. The fraction of sp³-hybridized carbons (Fsp3) is 0.333. The smallest absolute Gasteiger partial charge is 0.261 e. The van der Waals surface area contributed by atoms with Crippen LogP contribution in [0.1, 0.15) is 31.4 Å².